The zero-order chi connectivity index (χ0) is 17.4. The molecular formula is C17H24ClN3O2S. The van der Waals surface area contributed by atoms with E-state index in [4.69, 9.17) is 17.3 Å². The molecule has 1 aliphatic rings. The van der Waals surface area contributed by atoms with E-state index >= 15 is 0 Å². The van der Waals surface area contributed by atoms with Crippen molar-refractivity contribution >= 4 is 35.2 Å². The molecule has 0 aliphatic carbocycles. The van der Waals surface area contributed by atoms with Crippen molar-refractivity contribution in [3.8, 4) is 0 Å². The number of amides is 2. The second kappa shape index (κ2) is 9.91. The molecule has 1 aromatic rings. The molecule has 1 unspecified atom stereocenters. The van der Waals surface area contributed by atoms with Gasteiger partial charge in [0, 0.05) is 37.0 Å². The number of benzene rings is 1. The zero-order valence-electron chi connectivity index (χ0n) is 13.7. The van der Waals surface area contributed by atoms with Gasteiger partial charge in [-0.3, -0.25) is 9.59 Å². The van der Waals surface area contributed by atoms with Gasteiger partial charge in [-0.25, -0.2) is 0 Å². The predicted octanol–water partition coefficient (Wildman–Crippen LogP) is 2.28. The van der Waals surface area contributed by atoms with Gasteiger partial charge in [-0.05, 0) is 31.4 Å². The van der Waals surface area contributed by atoms with E-state index < -0.39 is 0 Å². The van der Waals surface area contributed by atoms with Crippen LogP contribution in [0.2, 0.25) is 5.02 Å². The third kappa shape index (κ3) is 5.69. The van der Waals surface area contributed by atoms with Crippen LogP contribution in [0.3, 0.4) is 0 Å². The number of halogens is 1. The van der Waals surface area contributed by atoms with Gasteiger partial charge in [0.05, 0.1) is 10.8 Å². The normalized spacial score (nSPS) is 17.6. The average molecular weight is 370 g/mol. The molecule has 7 heteroatoms. The topological polar surface area (TPSA) is 75.4 Å². The molecular weight excluding hydrogens is 346 g/mol. The largest absolute Gasteiger partial charge is 0.354 e. The standard InChI is InChI=1S/C17H24ClN3O2S/c18-14-6-1-2-7-15(14)24-12-17(23)21-10-4-3-5-13(21)11-20-16(22)8-9-19/h1-2,6-7,13H,3-5,8-12,19H2,(H,20,22). The van der Waals surface area contributed by atoms with E-state index in [-0.39, 0.29) is 17.9 Å². The van der Waals surface area contributed by atoms with E-state index in [1.807, 2.05) is 29.2 Å². The Kier molecular flexibility index (Phi) is 7.88. The van der Waals surface area contributed by atoms with Crippen molar-refractivity contribution in [2.45, 2.75) is 36.6 Å². The highest BCUT2D eigenvalue weighted by Gasteiger charge is 2.26. The number of carbonyl (C=O) groups excluding carboxylic acids is 2. The highest BCUT2D eigenvalue weighted by Crippen LogP contribution is 2.27. The molecule has 1 saturated heterocycles. The summed E-state index contributed by atoms with van der Waals surface area (Å²) in [7, 11) is 0. The van der Waals surface area contributed by atoms with Gasteiger partial charge in [0.2, 0.25) is 11.8 Å². The number of nitrogens with zero attached hydrogens (tertiary/aromatic N) is 1. The number of rotatable bonds is 7. The molecule has 1 aromatic carbocycles. The van der Waals surface area contributed by atoms with Crippen LogP contribution in [-0.2, 0) is 9.59 Å². The SMILES string of the molecule is NCCC(=O)NCC1CCCCN1C(=O)CSc1ccccc1Cl. The summed E-state index contributed by atoms with van der Waals surface area (Å²) in [5.41, 5.74) is 5.38. The van der Waals surface area contributed by atoms with Gasteiger partial charge >= 0.3 is 0 Å². The summed E-state index contributed by atoms with van der Waals surface area (Å²) in [5, 5.41) is 3.55. The van der Waals surface area contributed by atoms with Crippen LogP contribution in [0, 0.1) is 0 Å². The van der Waals surface area contributed by atoms with Crippen LogP contribution < -0.4 is 11.1 Å². The first-order valence-electron chi connectivity index (χ1n) is 8.25. The first-order valence-corrected chi connectivity index (χ1v) is 9.61. The van der Waals surface area contributed by atoms with Crippen LogP contribution in [-0.4, -0.2) is 48.1 Å². The molecule has 132 valence electrons. The Labute approximate surface area is 152 Å². The van der Waals surface area contributed by atoms with Crippen molar-refractivity contribution < 1.29 is 9.59 Å². The Balaban J connectivity index is 1.88. The average Bonchev–Trinajstić information content (AvgIpc) is 2.59. The monoisotopic (exact) mass is 369 g/mol. The second-order valence-electron chi connectivity index (χ2n) is 5.80. The molecule has 2 rings (SSSR count). The fraction of sp³-hybridized carbons (Fsp3) is 0.529. The Morgan fingerprint density at radius 1 is 1.33 bits per heavy atom. The van der Waals surface area contributed by atoms with Gasteiger partial charge in [0.25, 0.3) is 0 Å². The van der Waals surface area contributed by atoms with Crippen LogP contribution in [0.25, 0.3) is 0 Å². The summed E-state index contributed by atoms with van der Waals surface area (Å²) in [6.45, 7) is 1.59. The van der Waals surface area contributed by atoms with E-state index in [1.165, 1.54) is 11.8 Å². The number of likely N-dealkylation sites (tertiary alicyclic amines) is 1. The third-order valence-electron chi connectivity index (χ3n) is 4.04. The Morgan fingerprint density at radius 3 is 2.88 bits per heavy atom. The number of hydrogen-bond donors (Lipinski definition) is 2. The molecule has 0 bridgehead atoms. The lowest BCUT2D eigenvalue weighted by Crippen LogP contribution is -2.50. The van der Waals surface area contributed by atoms with E-state index in [2.05, 4.69) is 5.32 Å². The number of thioether (sulfide) groups is 1. The van der Waals surface area contributed by atoms with E-state index in [1.54, 1.807) is 0 Å². The Hall–Kier alpha value is -1.24. The van der Waals surface area contributed by atoms with Crippen LogP contribution >= 0.6 is 23.4 Å². The number of piperidine rings is 1. The van der Waals surface area contributed by atoms with Crippen molar-refractivity contribution in [1.29, 1.82) is 0 Å². The minimum atomic E-state index is -0.0547. The van der Waals surface area contributed by atoms with Crippen LogP contribution in [0.1, 0.15) is 25.7 Å². The molecule has 24 heavy (non-hydrogen) atoms. The first-order chi connectivity index (χ1) is 11.6. The number of nitrogens with one attached hydrogen (secondary N) is 1. The van der Waals surface area contributed by atoms with Crippen molar-refractivity contribution in [2.75, 3.05) is 25.4 Å². The van der Waals surface area contributed by atoms with Crippen LogP contribution in [0.5, 0.6) is 0 Å². The molecule has 1 fully saturated rings. The van der Waals surface area contributed by atoms with Crippen LogP contribution in [0.15, 0.2) is 29.2 Å². The van der Waals surface area contributed by atoms with Crippen molar-refractivity contribution in [3.05, 3.63) is 29.3 Å². The lowest BCUT2D eigenvalue weighted by Gasteiger charge is -2.36. The maximum Gasteiger partial charge on any atom is 0.233 e. The quantitative estimate of drug-likeness (QED) is 0.723. The third-order valence-corrected chi connectivity index (χ3v) is 5.54. The molecule has 1 atom stereocenters. The van der Waals surface area contributed by atoms with Gasteiger partial charge in [-0.1, -0.05) is 23.7 Å². The lowest BCUT2D eigenvalue weighted by molar-refractivity contribution is -0.132. The summed E-state index contributed by atoms with van der Waals surface area (Å²) < 4.78 is 0. The maximum absolute atomic E-state index is 12.6. The minimum Gasteiger partial charge on any atom is -0.354 e. The minimum absolute atomic E-state index is 0.0547. The summed E-state index contributed by atoms with van der Waals surface area (Å²) in [5.74, 6) is 0.398. The van der Waals surface area contributed by atoms with Gasteiger partial charge in [-0.2, -0.15) is 0 Å². The van der Waals surface area contributed by atoms with Gasteiger partial charge in [0.15, 0.2) is 0 Å². The lowest BCUT2D eigenvalue weighted by atomic mass is 10.0. The predicted molar refractivity (Wildman–Crippen MR) is 98.2 cm³/mol. The fourth-order valence-electron chi connectivity index (χ4n) is 2.78. The molecule has 0 aromatic heterocycles. The van der Waals surface area contributed by atoms with Crippen molar-refractivity contribution in [3.63, 3.8) is 0 Å². The van der Waals surface area contributed by atoms with Gasteiger partial charge in [0.1, 0.15) is 0 Å². The molecule has 3 N–H and O–H groups in total. The molecule has 1 aliphatic heterocycles. The smallest absolute Gasteiger partial charge is 0.233 e. The molecule has 2 amide bonds. The first kappa shape index (κ1) is 19.1. The fourth-order valence-corrected chi connectivity index (χ4v) is 3.90. The highest BCUT2D eigenvalue weighted by molar-refractivity contribution is 8.00. The summed E-state index contributed by atoms with van der Waals surface area (Å²) in [6, 6.07) is 7.60. The summed E-state index contributed by atoms with van der Waals surface area (Å²) in [4.78, 5) is 27.0. The van der Waals surface area contributed by atoms with E-state index in [0.29, 0.717) is 30.3 Å². The van der Waals surface area contributed by atoms with E-state index in [0.717, 1.165) is 30.7 Å². The van der Waals surface area contributed by atoms with Crippen molar-refractivity contribution in [1.82, 2.24) is 10.2 Å². The number of nitrogens with two attached hydrogens (primary N) is 1. The molecule has 1 heterocycles. The molecule has 5 nitrogen and oxygen atoms in total. The van der Waals surface area contributed by atoms with Crippen LogP contribution in [0.4, 0.5) is 0 Å². The highest BCUT2D eigenvalue weighted by atomic mass is 35.5. The molecule has 0 spiro atoms. The number of carbonyl (C=O) groups is 2. The van der Waals surface area contributed by atoms with Gasteiger partial charge < -0.3 is 16.0 Å². The summed E-state index contributed by atoms with van der Waals surface area (Å²) >= 11 is 7.59. The van der Waals surface area contributed by atoms with Gasteiger partial charge in [-0.15, -0.1) is 11.8 Å². The second-order valence-corrected chi connectivity index (χ2v) is 7.22. The number of hydrogen-bond acceptors (Lipinski definition) is 4. The summed E-state index contributed by atoms with van der Waals surface area (Å²) in [6.07, 6.45) is 3.34. The van der Waals surface area contributed by atoms with Crippen molar-refractivity contribution in [2.24, 2.45) is 5.73 Å². The zero-order valence-corrected chi connectivity index (χ0v) is 15.2. The molecule has 0 saturated carbocycles. The molecule has 0 radical (unpaired) electrons. The Bertz CT molecular complexity index is 571. The maximum atomic E-state index is 12.6. The Morgan fingerprint density at radius 2 is 2.12 bits per heavy atom. The van der Waals surface area contributed by atoms with E-state index in [9.17, 15) is 9.59 Å².